The zero-order valence-electron chi connectivity index (χ0n) is 14.2. The maximum Gasteiger partial charge on any atom is 0.327 e. The van der Waals surface area contributed by atoms with Gasteiger partial charge in [0.05, 0.1) is 0 Å². The summed E-state index contributed by atoms with van der Waals surface area (Å²) in [6.07, 6.45) is 1.29. The highest BCUT2D eigenvalue weighted by atomic mass is 16.5. The van der Waals surface area contributed by atoms with E-state index >= 15 is 0 Å². The number of nitrogens with two attached hydrogens (primary N) is 1. The van der Waals surface area contributed by atoms with Crippen LogP contribution in [0.25, 0.3) is 0 Å². The van der Waals surface area contributed by atoms with Crippen molar-refractivity contribution in [2.24, 2.45) is 5.73 Å². The summed E-state index contributed by atoms with van der Waals surface area (Å²) in [6.45, 7) is 3.62. The van der Waals surface area contributed by atoms with Crippen molar-refractivity contribution < 1.29 is 14.6 Å². The van der Waals surface area contributed by atoms with Crippen LogP contribution in [0.5, 0.6) is 5.75 Å². The van der Waals surface area contributed by atoms with Crippen LogP contribution in [0.3, 0.4) is 0 Å². The van der Waals surface area contributed by atoms with Crippen molar-refractivity contribution in [1.82, 2.24) is 0 Å². The van der Waals surface area contributed by atoms with E-state index in [1.54, 1.807) is 6.92 Å². The molecular formula is C20H25NO3. The third-order valence-electron chi connectivity index (χ3n) is 4.27. The predicted molar refractivity (Wildman–Crippen MR) is 95.2 cm³/mol. The molecule has 24 heavy (non-hydrogen) atoms. The molecule has 2 aromatic carbocycles. The smallest absolute Gasteiger partial charge is 0.327 e. The molecule has 4 nitrogen and oxygen atoms in total. The molecule has 0 spiro atoms. The fraction of sp³-hybridized carbons (Fsp3) is 0.350. The minimum atomic E-state index is -1.38. The second-order valence-electron chi connectivity index (χ2n) is 6.16. The van der Waals surface area contributed by atoms with Gasteiger partial charge in [0.1, 0.15) is 11.9 Å². The Hall–Kier alpha value is -2.33. The van der Waals surface area contributed by atoms with Gasteiger partial charge in [-0.25, -0.2) is 0 Å². The van der Waals surface area contributed by atoms with E-state index in [0.717, 1.165) is 6.42 Å². The number of carboxylic acid groups (broad SMARTS) is 1. The highest BCUT2D eigenvalue weighted by Crippen LogP contribution is 2.22. The molecule has 3 N–H and O–H groups in total. The lowest BCUT2D eigenvalue weighted by Gasteiger charge is -2.31. The number of carboxylic acids is 1. The fourth-order valence-electron chi connectivity index (χ4n) is 2.72. The number of benzene rings is 2. The summed E-state index contributed by atoms with van der Waals surface area (Å²) in [5.41, 5.74) is 7.09. The number of ether oxygens (including phenoxy) is 1. The molecule has 0 saturated carbocycles. The summed E-state index contributed by atoms with van der Waals surface area (Å²) < 4.78 is 5.79. The predicted octanol–water partition coefficient (Wildman–Crippen LogP) is 3.63. The highest BCUT2D eigenvalue weighted by Gasteiger charge is 2.40. The van der Waals surface area contributed by atoms with Crippen molar-refractivity contribution >= 4 is 5.97 Å². The van der Waals surface area contributed by atoms with Crippen LogP contribution in [0.4, 0.5) is 0 Å². The summed E-state index contributed by atoms with van der Waals surface area (Å²) in [5.74, 6) is -0.399. The molecule has 2 unspecified atom stereocenters. The molecule has 0 radical (unpaired) electrons. The van der Waals surface area contributed by atoms with Gasteiger partial charge in [0.2, 0.25) is 0 Å². The Morgan fingerprint density at radius 2 is 1.71 bits per heavy atom. The number of carbonyl (C=O) groups is 1. The van der Waals surface area contributed by atoms with Crippen molar-refractivity contribution in [2.45, 2.75) is 44.8 Å². The third kappa shape index (κ3) is 4.36. The average Bonchev–Trinajstić information content (AvgIpc) is 2.57. The average molecular weight is 327 g/mol. The van der Waals surface area contributed by atoms with Crippen LogP contribution in [0, 0.1) is 0 Å². The highest BCUT2D eigenvalue weighted by molar-refractivity contribution is 5.79. The van der Waals surface area contributed by atoms with Gasteiger partial charge >= 0.3 is 5.97 Å². The van der Waals surface area contributed by atoms with E-state index in [9.17, 15) is 9.90 Å². The molecule has 0 heterocycles. The minimum absolute atomic E-state index is 0.371. The molecule has 0 aliphatic rings. The van der Waals surface area contributed by atoms with Crippen LogP contribution in [0.2, 0.25) is 0 Å². The molecule has 0 saturated heterocycles. The third-order valence-corrected chi connectivity index (χ3v) is 4.27. The summed E-state index contributed by atoms with van der Waals surface area (Å²) in [5, 5.41) is 9.42. The Morgan fingerprint density at radius 1 is 1.12 bits per heavy atom. The molecule has 0 aliphatic heterocycles. The first-order valence-electron chi connectivity index (χ1n) is 8.27. The molecule has 0 amide bonds. The summed E-state index contributed by atoms with van der Waals surface area (Å²) in [7, 11) is 0. The first kappa shape index (κ1) is 18.0. The molecule has 0 aliphatic carbocycles. The first-order valence-corrected chi connectivity index (χ1v) is 8.27. The van der Waals surface area contributed by atoms with Crippen LogP contribution < -0.4 is 10.5 Å². The van der Waals surface area contributed by atoms with Gasteiger partial charge in [-0.15, -0.1) is 0 Å². The summed E-state index contributed by atoms with van der Waals surface area (Å²) in [6, 6.07) is 17.9. The van der Waals surface area contributed by atoms with Crippen molar-refractivity contribution in [3.8, 4) is 5.75 Å². The van der Waals surface area contributed by atoms with E-state index in [1.807, 2.05) is 49.4 Å². The van der Waals surface area contributed by atoms with Gasteiger partial charge in [-0.05, 0) is 43.0 Å². The van der Waals surface area contributed by atoms with Crippen molar-refractivity contribution in [3.05, 3.63) is 65.7 Å². The molecule has 0 fully saturated rings. The van der Waals surface area contributed by atoms with Gasteiger partial charge in [0, 0.05) is 0 Å². The van der Waals surface area contributed by atoms with E-state index in [-0.39, 0.29) is 0 Å². The molecule has 0 bridgehead atoms. The van der Waals surface area contributed by atoms with E-state index < -0.39 is 17.6 Å². The molecule has 0 aromatic heterocycles. The Kier molecular flexibility index (Phi) is 5.99. The largest absolute Gasteiger partial charge is 0.488 e. The fourth-order valence-corrected chi connectivity index (χ4v) is 2.72. The van der Waals surface area contributed by atoms with Gasteiger partial charge < -0.3 is 15.6 Å². The summed E-state index contributed by atoms with van der Waals surface area (Å²) >= 11 is 0. The molecule has 2 aromatic rings. The van der Waals surface area contributed by atoms with Crippen molar-refractivity contribution in [3.63, 3.8) is 0 Å². The molecule has 2 atom stereocenters. The van der Waals surface area contributed by atoms with E-state index in [2.05, 4.69) is 12.1 Å². The second kappa shape index (κ2) is 7.97. The standard InChI is InChI=1S/C20H25NO3/c1-3-13-20(21,19(22)23)15(2)24-18-11-9-17(10-12-18)14-16-7-5-4-6-8-16/h4-12,15H,3,13-14,21H2,1-2H3,(H,22,23). The van der Waals surface area contributed by atoms with Crippen LogP contribution in [-0.4, -0.2) is 22.7 Å². The lowest BCUT2D eigenvalue weighted by molar-refractivity contribution is -0.147. The Balaban J connectivity index is 2.04. The molecule has 2 rings (SSSR count). The Bertz CT molecular complexity index is 654. The van der Waals surface area contributed by atoms with Gasteiger partial charge in [-0.1, -0.05) is 55.8 Å². The van der Waals surface area contributed by atoms with Crippen molar-refractivity contribution in [1.29, 1.82) is 0 Å². The second-order valence-corrected chi connectivity index (χ2v) is 6.16. The van der Waals surface area contributed by atoms with E-state index in [0.29, 0.717) is 18.6 Å². The summed E-state index contributed by atoms with van der Waals surface area (Å²) in [4.78, 5) is 11.5. The zero-order chi connectivity index (χ0) is 17.6. The van der Waals surface area contributed by atoms with Crippen molar-refractivity contribution in [2.75, 3.05) is 0 Å². The molecule has 4 heteroatoms. The SMILES string of the molecule is CCCC(N)(C(=O)O)C(C)Oc1ccc(Cc2ccccc2)cc1. The number of rotatable bonds is 8. The van der Waals surface area contributed by atoms with Crippen LogP contribution >= 0.6 is 0 Å². The van der Waals surface area contributed by atoms with Gasteiger partial charge in [-0.3, -0.25) is 4.79 Å². The number of aliphatic carboxylic acids is 1. The van der Waals surface area contributed by atoms with Gasteiger partial charge in [0.15, 0.2) is 5.54 Å². The first-order chi connectivity index (χ1) is 11.5. The molecular weight excluding hydrogens is 302 g/mol. The lowest BCUT2D eigenvalue weighted by atomic mass is 9.89. The van der Waals surface area contributed by atoms with Crippen LogP contribution in [0.15, 0.2) is 54.6 Å². The number of hydrogen-bond donors (Lipinski definition) is 2. The maximum absolute atomic E-state index is 11.5. The Labute approximate surface area is 143 Å². The topological polar surface area (TPSA) is 72.6 Å². The van der Waals surface area contributed by atoms with E-state index in [4.69, 9.17) is 10.5 Å². The van der Waals surface area contributed by atoms with Gasteiger partial charge in [0.25, 0.3) is 0 Å². The minimum Gasteiger partial charge on any atom is -0.488 e. The maximum atomic E-state index is 11.5. The van der Waals surface area contributed by atoms with Crippen LogP contribution in [-0.2, 0) is 11.2 Å². The van der Waals surface area contributed by atoms with Crippen LogP contribution in [0.1, 0.15) is 37.8 Å². The van der Waals surface area contributed by atoms with Gasteiger partial charge in [-0.2, -0.15) is 0 Å². The van der Waals surface area contributed by atoms with E-state index in [1.165, 1.54) is 11.1 Å². The Morgan fingerprint density at radius 3 is 2.25 bits per heavy atom. The molecule has 128 valence electrons. The number of hydrogen-bond acceptors (Lipinski definition) is 3. The lowest BCUT2D eigenvalue weighted by Crippen LogP contribution is -2.58. The quantitative estimate of drug-likeness (QED) is 0.776. The monoisotopic (exact) mass is 327 g/mol. The normalized spacial score (nSPS) is 14.6. The zero-order valence-corrected chi connectivity index (χ0v) is 14.2.